The van der Waals surface area contributed by atoms with Crippen molar-refractivity contribution in [1.29, 1.82) is 0 Å². The number of nitrogens with two attached hydrogens (primary N) is 1. The summed E-state index contributed by atoms with van der Waals surface area (Å²) in [6.07, 6.45) is 0. The van der Waals surface area contributed by atoms with Gasteiger partial charge in [0.1, 0.15) is 5.82 Å². The van der Waals surface area contributed by atoms with E-state index in [2.05, 4.69) is 0 Å². The third-order valence-electron chi connectivity index (χ3n) is 2.45. The van der Waals surface area contributed by atoms with Gasteiger partial charge in [0.2, 0.25) is 0 Å². The molecule has 0 spiro atoms. The fourth-order valence-corrected chi connectivity index (χ4v) is 1.59. The maximum atomic E-state index is 12.8. The van der Waals surface area contributed by atoms with Crippen molar-refractivity contribution < 1.29 is 14.3 Å². The number of aromatic carboxylic acids is 1. The number of rotatable bonds is 2. The molecule has 0 aliphatic carbocycles. The summed E-state index contributed by atoms with van der Waals surface area (Å²) in [7, 11) is 0. The average Bonchev–Trinajstić information content (AvgIpc) is 2.30. The van der Waals surface area contributed by atoms with Crippen molar-refractivity contribution in [2.75, 3.05) is 5.73 Å². The molecule has 0 aliphatic heterocycles. The lowest BCUT2D eigenvalue weighted by atomic mass is 10.0. The SMILES string of the molecule is Nc1cc(C(=O)O)ccc1-c1ccc(F)cc1. The molecule has 0 radical (unpaired) electrons. The molecule has 0 heterocycles. The number of hydrogen-bond donors (Lipinski definition) is 2. The molecule has 0 unspecified atom stereocenters. The van der Waals surface area contributed by atoms with E-state index in [0.29, 0.717) is 11.3 Å². The molecule has 0 saturated heterocycles. The Balaban J connectivity index is 2.46. The highest BCUT2D eigenvalue weighted by molar-refractivity contribution is 5.91. The summed E-state index contributed by atoms with van der Waals surface area (Å²) in [5, 5.41) is 8.80. The topological polar surface area (TPSA) is 63.3 Å². The number of nitrogen functional groups attached to an aromatic ring is 1. The molecule has 0 saturated carbocycles. The lowest BCUT2D eigenvalue weighted by Crippen LogP contribution is -1.99. The molecule has 86 valence electrons. The standard InChI is InChI=1S/C13H10FNO2/c14-10-4-1-8(2-5-10)11-6-3-9(13(16)17)7-12(11)15/h1-7H,15H2,(H,16,17). The van der Waals surface area contributed by atoms with Gasteiger partial charge in [-0.05, 0) is 29.8 Å². The fraction of sp³-hybridized carbons (Fsp3) is 0. The van der Waals surface area contributed by atoms with E-state index < -0.39 is 5.97 Å². The first-order chi connectivity index (χ1) is 8.08. The van der Waals surface area contributed by atoms with Crippen molar-refractivity contribution in [3.8, 4) is 11.1 Å². The number of carboxylic acids is 1. The maximum Gasteiger partial charge on any atom is 0.335 e. The van der Waals surface area contributed by atoms with E-state index in [1.54, 1.807) is 18.2 Å². The molecule has 17 heavy (non-hydrogen) atoms. The molecule has 0 atom stereocenters. The number of hydrogen-bond acceptors (Lipinski definition) is 2. The lowest BCUT2D eigenvalue weighted by Gasteiger charge is -2.06. The maximum absolute atomic E-state index is 12.8. The molecule has 0 aliphatic rings. The highest BCUT2D eigenvalue weighted by atomic mass is 19.1. The van der Waals surface area contributed by atoms with Crippen molar-refractivity contribution in [2.24, 2.45) is 0 Å². The van der Waals surface area contributed by atoms with E-state index >= 15 is 0 Å². The second-order valence-corrected chi connectivity index (χ2v) is 3.61. The van der Waals surface area contributed by atoms with Gasteiger partial charge in [0.25, 0.3) is 0 Å². The Morgan fingerprint density at radius 2 is 1.76 bits per heavy atom. The predicted octanol–water partition coefficient (Wildman–Crippen LogP) is 2.77. The third-order valence-corrected chi connectivity index (χ3v) is 2.45. The van der Waals surface area contributed by atoms with Gasteiger partial charge in [-0.25, -0.2) is 9.18 Å². The highest BCUT2D eigenvalue weighted by Gasteiger charge is 2.07. The Morgan fingerprint density at radius 1 is 1.12 bits per heavy atom. The van der Waals surface area contributed by atoms with Crippen LogP contribution < -0.4 is 5.73 Å². The van der Waals surface area contributed by atoms with E-state index in [-0.39, 0.29) is 11.4 Å². The molecule has 0 aromatic heterocycles. The summed E-state index contributed by atoms with van der Waals surface area (Å²) in [5.41, 5.74) is 7.70. The molecule has 3 nitrogen and oxygen atoms in total. The first-order valence-electron chi connectivity index (χ1n) is 4.96. The number of halogens is 1. The smallest absolute Gasteiger partial charge is 0.335 e. The average molecular weight is 231 g/mol. The summed E-state index contributed by atoms with van der Waals surface area (Å²) in [6, 6.07) is 10.3. The molecule has 0 amide bonds. The summed E-state index contributed by atoms with van der Waals surface area (Å²) >= 11 is 0. The summed E-state index contributed by atoms with van der Waals surface area (Å²) < 4.78 is 12.8. The lowest BCUT2D eigenvalue weighted by molar-refractivity contribution is 0.0697. The Bertz CT molecular complexity index is 564. The number of carbonyl (C=O) groups is 1. The quantitative estimate of drug-likeness (QED) is 0.781. The molecule has 0 fully saturated rings. The van der Waals surface area contributed by atoms with Crippen LogP contribution in [0.25, 0.3) is 11.1 Å². The molecular weight excluding hydrogens is 221 g/mol. The van der Waals surface area contributed by atoms with E-state index in [0.717, 1.165) is 5.56 Å². The Labute approximate surface area is 97.3 Å². The fourth-order valence-electron chi connectivity index (χ4n) is 1.59. The van der Waals surface area contributed by atoms with Gasteiger partial charge >= 0.3 is 5.97 Å². The van der Waals surface area contributed by atoms with Crippen LogP contribution in [0.2, 0.25) is 0 Å². The van der Waals surface area contributed by atoms with Gasteiger partial charge < -0.3 is 10.8 Å². The monoisotopic (exact) mass is 231 g/mol. The Hall–Kier alpha value is -2.36. The zero-order valence-corrected chi connectivity index (χ0v) is 8.85. The van der Waals surface area contributed by atoms with Crippen LogP contribution in [0.4, 0.5) is 10.1 Å². The van der Waals surface area contributed by atoms with E-state index in [9.17, 15) is 9.18 Å². The number of carboxylic acid groups (broad SMARTS) is 1. The first-order valence-corrected chi connectivity index (χ1v) is 4.96. The third kappa shape index (κ3) is 2.25. The Morgan fingerprint density at radius 3 is 2.29 bits per heavy atom. The van der Waals surface area contributed by atoms with Gasteiger partial charge in [0, 0.05) is 11.3 Å². The summed E-state index contributed by atoms with van der Waals surface area (Å²) in [4.78, 5) is 10.7. The van der Waals surface area contributed by atoms with E-state index in [1.807, 2.05) is 0 Å². The predicted molar refractivity (Wildman–Crippen MR) is 63.2 cm³/mol. The van der Waals surface area contributed by atoms with Gasteiger partial charge in [0.05, 0.1) is 5.56 Å². The minimum Gasteiger partial charge on any atom is -0.478 e. The van der Waals surface area contributed by atoms with Crippen LogP contribution in [0, 0.1) is 5.82 Å². The van der Waals surface area contributed by atoms with Crippen molar-refractivity contribution in [2.45, 2.75) is 0 Å². The van der Waals surface area contributed by atoms with Crippen LogP contribution in [0.3, 0.4) is 0 Å². The molecular formula is C13H10FNO2. The molecule has 2 aromatic rings. The van der Waals surface area contributed by atoms with Crippen LogP contribution >= 0.6 is 0 Å². The molecule has 4 heteroatoms. The van der Waals surface area contributed by atoms with Crippen LogP contribution in [0.5, 0.6) is 0 Å². The summed E-state index contributed by atoms with van der Waals surface area (Å²) in [5.74, 6) is -1.35. The molecule has 2 rings (SSSR count). The summed E-state index contributed by atoms with van der Waals surface area (Å²) in [6.45, 7) is 0. The molecule has 3 N–H and O–H groups in total. The van der Waals surface area contributed by atoms with Gasteiger partial charge in [-0.2, -0.15) is 0 Å². The van der Waals surface area contributed by atoms with Crippen LogP contribution in [-0.4, -0.2) is 11.1 Å². The van der Waals surface area contributed by atoms with Crippen LogP contribution in [0.1, 0.15) is 10.4 Å². The van der Waals surface area contributed by atoms with Crippen molar-refractivity contribution in [1.82, 2.24) is 0 Å². The number of anilines is 1. The zero-order valence-electron chi connectivity index (χ0n) is 8.85. The second kappa shape index (κ2) is 4.25. The van der Waals surface area contributed by atoms with Gasteiger partial charge in [0.15, 0.2) is 0 Å². The van der Waals surface area contributed by atoms with Crippen molar-refractivity contribution in [3.63, 3.8) is 0 Å². The second-order valence-electron chi connectivity index (χ2n) is 3.61. The van der Waals surface area contributed by atoms with Crippen molar-refractivity contribution in [3.05, 3.63) is 53.8 Å². The van der Waals surface area contributed by atoms with Gasteiger partial charge in [-0.15, -0.1) is 0 Å². The molecule has 0 bridgehead atoms. The van der Waals surface area contributed by atoms with E-state index in [1.165, 1.54) is 24.3 Å². The number of benzene rings is 2. The van der Waals surface area contributed by atoms with Crippen molar-refractivity contribution >= 4 is 11.7 Å². The van der Waals surface area contributed by atoms with E-state index in [4.69, 9.17) is 10.8 Å². The minimum atomic E-state index is -1.03. The normalized spacial score (nSPS) is 10.2. The van der Waals surface area contributed by atoms with Gasteiger partial charge in [-0.3, -0.25) is 0 Å². The van der Waals surface area contributed by atoms with Crippen LogP contribution in [0.15, 0.2) is 42.5 Å². The molecule has 2 aromatic carbocycles. The van der Waals surface area contributed by atoms with Crippen LogP contribution in [-0.2, 0) is 0 Å². The Kier molecular flexibility index (Phi) is 2.78. The highest BCUT2D eigenvalue weighted by Crippen LogP contribution is 2.26. The largest absolute Gasteiger partial charge is 0.478 e. The first kappa shape index (κ1) is 11.1. The van der Waals surface area contributed by atoms with Gasteiger partial charge in [-0.1, -0.05) is 18.2 Å². The zero-order chi connectivity index (χ0) is 12.4. The minimum absolute atomic E-state index is 0.133.